The van der Waals surface area contributed by atoms with Gasteiger partial charge in [0.25, 0.3) is 0 Å². The van der Waals surface area contributed by atoms with Crippen LogP contribution in [-0.2, 0) is 26.3 Å². The topological polar surface area (TPSA) is 72.6 Å². The summed E-state index contributed by atoms with van der Waals surface area (Å²) in [5.74, 6) is -4.29. The zero-order valence-electron chi connectivity index (χ0n) is 23.5. The highest BCUT2D eigenvalue weighted by atomic mass is 35.5. The van der Waals surface area contributed by atoms with E-state index in [1.54, 1.807) is 38.2 Å². The molecule has 0 unspecified atom stereocenters. The van der Waals surface area contributed by atoms with Crippen LogP contribution in [0.3, 0.4) is 0 Å². The first-order valence-electron chi connectivity index (χ1n) is 13.7. The van der Waals surface area contributed by atoms with Gasteiger partial charge in [0.2, 0.25) is 5.91 Å². The molecular weight excluding hydrogens is 558 g/mol. The lowest BCUT2D eigenvalue weighted by Gasteiger charge is -2.36. The van der Waals surface area contributed by atoms with Gasteiger partial charge < -0.3 is 15.4 Å². The molecule has 0 aliphatic heterocycles. The summed E-state index contributed by atoms with van der Waals surface area (Å²) in [5.41, 5.74) is 6.13. The molecule has 2 atom stereocenters. The summed E-state index contributed by atoms with van der Waals surface area (Å²) in [7, 11) is 1.57. The Kier molecular flexibility index (Phi) is 10.1. The molecule has 4 aromatic carbocycles. The monoisotopic (exact) mass is 590 g/mol. The van der Waals surface area contributed by atoms with Gasteiger partial charge in [-0.3, -0.25) is 9.59 Å². The second kappa shape index (κ2) is 13.7. The van der Waals surface area contributed by atoms with Gasteiger partial charge in [0.05, 0.1) is 12.3 Å². The number of likely N-dealkylation sites (N-methyl/N-ethyl adjacent to an activating group) is 1. The third-order valence-electron chi connectivity index (χ3n) is 7.49. The molecule has 0 aliphatic rings. The molecule has 0 fully saturated rings. The van der Waals surface area contributed by atoms with E-state index in [4.69, 9.17) is 22.1 Å². The van der Waals surface area contributed by atoms with E-state index < -0.39 is 41.5 Å². The first-order chi connectivity index (χ1) is 20.2. The minimum Gasteiger partial charge on any atom is -0.444 e. The summed E-state index contributed by atoms with van der Waals surface area (Å²) in [5, 5.41) is 0.379. The van der Waals surface area contributed by atoms with Crippen molar-refractivity contribution in [2.45, 2.75) is 31.4 Å². The Morgan fingerprint density at radius 1 is 0.881 bits per heavy atom. The van der Waals surface area contributed by atoms with E-state index in [0.717, 1.165) is 6.07 Å². The molecule has 0 saturated heterocycles. The number of nitrogens with zero attached hydrogens (tertiary/aromatic N) is 1. The summed E-state index contributed by atoms with van der Waals surface area (Å²) in [6, 6.07) is 28.9. The van der Waals surface area contributed by atoms with Crippen LogP contribution >= 0.6 is 11.6 Å². The van der Waals surface area contributed by atoms with Crippen molar-refractivity contribution in [3.63, 3.8) is 0 Å². The Morgan fingerprint density at radius 3 is 2.02 bits per heavy atom. The van der Waals surface area contributed by atoms with E-state index >= 15 is 0 Å². The summed E-state index contributed by atoms with van der Waals surface area (Å²) in [6.07, 6.45) is -0.614. The van der Waals surface area contributed by atoms with Gasteiger partial charge in [0.15, 0.2) is 17.2 Å². The number of esters is 1. The fourth-order valence-electron chi connectivity index (χ4n) is 5.04. The largest absolute Gasteiger partial charge is 0.444 e. The van der Waals surface area contributed by atoms with Crippen molar-refractivity contribution in [3.05, 3.63) is 142 Å². The number of amides is 1. The Hall–Kier alpha value is -4.07. The molecule has 4 aromatic rings. The van der Waals surface area contributed by atoms with Crippen molar-refractivity contribution in [3.8, 4) is 0 Å². The van der Waals surface area contributed by atoms with E-state index in [-0.39, 0.29) is 24.6 Å². The Bertz CT molecular complexity index is 1480. The van der Waals surface area contributed by atoms with Crippen molar-refractivity contribution in [1.29, 1.82) is 0 Å². The second-order valence-electron chi connectivity index (χ2n) is 10.2. The molecule has 5 nitrogen and oxygen atoms in total. The summed E-state index contributed by atoms with van der Waals surface area (Å²) >= 11 is 6.74. The molecule has 0 aromatic heterocycles. The van der Waals surface area contributed by atoms with Crippen molar-refractivity contribution in [2.75, 3.05) is 13.6 Å². The predicted octanol–water partition coefficient (Wildman–Crippen LogP) is 6.51. The van der Waals surface area contributed by atoms with Gasteiger partial charge in [0, 0.05) is 41.3 Å². The Labute approximate surface area is 249 Å². The first kappa shape index (κ1) is 30.9. The number of nitrogens with two attached hydrogens (primary N) is 1. The van der Waals surface area contributed by atoms with E-state index in [9.17, 15) is 18.4 Å². The minimum absolute atomic E-state index is 0.0153. The maximum atomic E-state index is 14.7. The molecular formula is C34H33ClF2N2O3. The number of carbonyl (C=O) groups is 2. The number of rotatable bonds is 11. The Morgan fingerprint density at radius 2 is 1.45 bits per heavy atom. The highest BCUT2D eigenvalue weighted by Gasteiger charge is 2.43. The molecule has 8 heteroatoms. The predicted molar refractivity (Wildman–Crippen MR) is 160 cm³/mol. The number of hydrogen-bond donors (Lipinski definition) is 1. The lowest BCUT2D eigenvalue weighted by molar-refractivity contribution is -0.157. The van der Waals surface area contributed by atoms with Crippen molar-refractivity contribution in [2.24, 2.45) is 11.7 Å². The lowest BCUT2D eigenvalue weighted by atomic mass is 9.80. The Balaban J connectivity index is 1.80. The lowest BCUT2D eigenvalue weighted by Crippen LogP contribution is -2.44. The van der Waals surface area contributed by atoms with Crippen LogP contribution in [0.15, 0.2) is 103 Å². The van der Waals surface area contributed by atoms with Gasteiger partial charge in [0.1, 0.15) is 0 Å². The smallest absolute Gasteiger partial charge is 0.308 e. The van der Waals surface area contributed by atoms with Gasteiger partial charge in [-0.1, -0.05) is 103 Å². The molecule has 0 aliphatic carbocycles. The number of hydrogen-bond acceptors (Lipinski definition) is 4. The average Bonchev–Trinajstić information content (AvgIpc) is 3.01. The van der Waals surface area contributed by atoms with E-state index in [0.29, 0.717) is 21.7 Å². The van der Waals surface area contributed by atoms with Crippen molar-refractivity contribution in [1.82, 2.24) is 4.90 Å². The van der Waals surface area contributed by atoms with Gasteiger partial charge in [-0.05, 0) is 31.0 Å². The molecule has 2 N–H and O–H groups in total. The summed E-state index contributed by atoms with van der Waals surface area (Å²) in [4.78, 5) is 29.0. The molecule has 0 bridgehead atoms. The van der Waals surface area contributed by atoms with Crippen LogP contribution in [0.1, 0.15) is 35.6 Å². The minimum atomic E-state index is -1.47. The third-order valence-corrected chi connectivity index (χ3v) is 7.82. The number of halogens is 3. The van der Waals surface area contributed by atoms with Crippen LogP contribution < -0.4 is 5.73 Å². The SMILES string of the molecule is C[C@@H](CN)N(C)C(=O)[C@@H](CC(=O)OC(c1ccccc1)(c1ccccc1)c1ccccc1Cl)Cc1cccc(F)c1F. The summed E-state index contributed by atoms with van der Waals surface area (Å²) < 4.78 is 35.2. The van der Waals surface area contributed by atoms with Gasteiger partial charge in [-0.25, -0.2) is 8.78 Å². The van der Waals surface area contributed by atoms with Crippen LogP contribution in [0.25, 0.3) is 0 Å². The van der Waals surface area contributed by atoms with Crippen LogP contribution in [0, 0.1) is 17.6 Å². The molecule has 0 heterocycles. The molecule has 4 rings (SSSR count). The van der Waals surface area contributed by atoms with E-state index in [1.807, 2.05) is 60.7 Å². The van der Waals surface area contributed by atoms with Crippen LogP contribution in [0.2, 0.25) is 5.02 Å². The molecule has 1 amide bonds. The fraction of sp³-hybridized carbons (Fsp3) is 0.235. The fourth-order valence-corrected chi connectivity index (χ4v) is 5.31. The molecule has 0 radical (unpaired) electrons. The summed E-state index contributed by atoms with van der Waals surface area (Å²) in [6.45, 7) is 1.95. The van der Waals surface area contributed by atoms with Gasteiger partial charge in [-0.15, -0.1) is 0 Å². The van der Waals surface area contributed by atoms with E-state index in [2.05, 4.69) is 0 Å². The second-order valence-corrected chi connectivity index (χ2v) is 10.6. The number of benzene rings is 4. The maximum absolute atomic E-state index is 14.7. The maximum Gasteiger partial charge on any atom is 0.308 e. The molecule has 0 saturated carbocycles. The van der Waals surface area contributed by atoms with Crippen LogP contribution in [0.5, 0.6) is 0 Å². The number of ether oxygens (including phenoxy) is 1. The quantitative estimate of drug-likeness (QED) is 0.160. The van der Waals surface area contributed by atoms with Crippen molar-refractivity contribution < 1.29 is 23.1 Å². The van der Waals surface area contributed by atoms with Crippen LogP contribution in [0.4, 0.5) is 8.78 Å². The zero-order chi connectivity index (χ0) is 30.3. The van der Waals surface area contributed by atoms with Gasteiger partial charge in [-0.2, -0.15) is 0 Å². The normalized spacial score (nSPS) is 12.8. The standard InChI is InChI=1S/C34H33ClF2N2O3/c1-23(22-38)39(2)33(41)25(20-24-12-11-19-30(36)32(24)37)21-31(40)42-34(26-13-5-3-6-14-26,27-15-7-4-8-16-27)28-17-9-10-18-29(28)35/h3-19,23,25H,20-22,38H2,1-2H3/t23-,25+/m0/s1. The first-order valence-corrected chi connectivity index (χ1v) is 14.0. The molecule has 218 valence electrons. The highest BCUT2D eigenvalue weighted by molar-refractivity contribution is 6.31. The van der Waals surface area contributed by atoms with E-state index in [1.165, 1.54) is 17.0 Å². The van der Waals surface area contributed by atoms with Crippen LogP contribution in [-0.4, -0.2) is 36.4 Å². The van der Waals surface area contributed by atoms with Crippen molar-refractivity contribution >= 4 is 23.5 Å². The zero-order valence-corrected chi connectivity index (χ0v) is 24.2. The molecule has 42 heavy (non-hydrogen) atoms. The molecule has 0 spiro atoms. The third kappa shape index (κ3) is 6.53. The highest BCUT2D eigenvalue weighted by Crippen LogP contribution is 2.44. The number of carbonyl (C=O) groups excluding carboxylic acids is 2. The average molecular weight is 591 g/mol. The van der Waals surface area contributed by atoms with Gasteiger partial charge >= 0.3 is 5.97 Å².